The Balaban J connectivity index is 1.57. The van der Waals surface area contributed by atoms with Crippen LogP contribution in [0.15, 0.2) is 76.5 Å². The first-order valence-corrected chi connectivity index (χ1v) is 13.4. The van der Waals surface area contributed by atoms with Gasteiger partial charge in [-0.25, -0.2) is 22.3 Å². The van der Waals surface area contributed by atoms with Gasteiger partial charge in [0.1, 0.15) is 22.2 Å². The molecule has 0 aliphatic heterocycles. The molecule has 0 aliphatic carbocycles. The van der Waals surface area contributed by atoms with E-state index in [1.165, 1.54) is 36.4 Å². The number of esters is 1. The first kappa shape index (κ1) is 26.5. The van der Waals surface area contributed by atoms with E-state index < -0.39 is 44.4 Å². The van der Waals surface area contributed by atoms with Gasteiger partial charge >= 0.3 is 5.97 Å². The van der Waals surface area contributed by atoms with Gasteiger partial charge in [-0.3, -0.25) is 9.35 Å². The van der Waals surface area contributed by atoms with Crippen LogP contribution in [0.5, 0.6) is 11.5 Å². The van der Waals surface area contributed by atoms with Crippen LogP contribution in [0.25, 0.3) is 0 Å². The SMILES string of the molecule is O=C(COc1ccc(S(=O)(=O)O)c(I)c1)Oc1ccc(C(=O)NS(=O)(=O)c2ccc(F)cc2)cc1. The molecule has 10 nitrogen and oxygen atoms in total. The first-order valence-electron chi connectivity index (χ1n) is 9.38. The number of amides is 1. The molecule has 0 aromatic heterocycles. The Morgan fingerprint density at radius 3 is 2.09 bits per heavy atom. The lowest BCUT2D eigenvalue weighted by molar-refractivity contribution is -0.136. The quantitative estimate of drug-likeness (QED) is 0.165. The standard InChI is InChI=1S/C21H15FINO9S2/c22-14-3-8-17(9-4-14)34(27,28)24-21(26)13-1-5-15(6-2-13)33-20(25)12-32-16-7-10-19(18(23)11-16)35(29,30)31/h1-11H,12H2,(H,24,26)(H,29,30,31). The second-order valence-electron chi connectivity index (χ2n) is 6.74. The molecule has 0 unspecified atom stereocenters. The lowest BCUT2D eigenvalue weighted by Gasteiger charge is -2.09. The van der Waals surface area contributed by atoms with Crippen molar-refractivity contribution < 1.29 is 44.8 Å². The number of nitrogens with one attached hydrogen (secondary N) is 1. The van der Waals surface area contributed by atoms with Gasteiger partial charge in [-0.2, -0.15) is 8.42 Å². The molecule has 3 aromatic rings. The lowest BCUT2D eigenvalue weighted by Crippen LogP contribution is -2.30. The van der Waals surface area contributed by atoms with Crippen molar-refractivity contribution in [2.45, 2.75) is 9.79 Å². The normalized spacial score (nSPS) is 11.5. The zero-order chi connectivity index (χ0) is 25.8. The summed E-state index contributed by atoms with van der Waals surface area (Å²) in [6.07, 6.45) is 0. The number of carbonyl (C=O) groups is 2. The molecule has 3 rings (SSSR count). The van der Waals surface area contributed by atoms with Crippen LogP contribution >= 0.6 is 22.6 Å². The number of hydrogen-bond acceptors (Lipinski definition) is 8. The van der Waals surface area contributed by atoms with E-state index in [0.29, 0.717) is 0 Å². The van der Waals surface area contributed by atoms with Crippen molar-refractivity contribution in [1.29, 1.82) is 0 Å². The molecule has 0 atom stereocenters. The average molecular weight is 635 g/mol. The van der Waals surface area contributed by atoms with E-state index in [9.17, 15) is 30.8 Å². The van der Waals surface area contributed by atoms with Crippen LogP contribution in [-0.4, -0.2) is 39.9 Å². The van der Waals surface area contributed by atoms with Crippen molar-refractivity contribution >= 4 is 54.6 Å². The van der Waals surface area contributed by atoms with Crippen LogP contribution in [0.4, 0.5) is 4.39 Å². The summed E-state index contributed by atoms with van der Waals surface area (Å²) in [5.41, 5.74) is -0.0414. The molecule has 0 fully saturated rings. The smallest absolute Gasteiger partial charge is 0.349 e. The highest BCUT2D eigenvalue weighted by Gasteiger charge is 2.19. The van der Waals surface area contributed by atoms with Crippen LogP contribution in [0, 0.1) is 9.39 Å². The molecule has 0 spiro atoms. The summed E-state index contributed by atoms with van der Waals surface area (Å²) in [5, 5.41) is 0. The highest BCUT2D eigenvalue weighted by Crippen LogP contribution is 2.23. The summed E-state index contributed by atoms with van der Waals surface area (Å²) in [7, 11) is -8.61. The van der Waals surface area contributed by atoms with E-state index in [4.69, 9.17) is 14.0 Å². The van der Waals surface area contributed by atoms with Crippen molar-refractivity contribution in [3.05, 3.63) is 81.7 Å². The molecule has 184 valence electrons. The van der Waals surface area contributed by atoms with Gasteiger partial charge < -0.3 is 9.47 Å². The van der Waals surface area contributed by atoms with Crippen LogP contribution in [0.3, 0.4) is 0 Å². The number of rotatable bonds is 8. The van der Waals surface area contributed by atoms with Gasteiger partial charge in [-0.15, -0.1) is 0 Å². The molecule has 0 aliphatic rings. The topological polar surface area (TPSA) is 153 Å². The van der Waals surface area contributed by atoms with Gasteiger partial charge in [0.2, 0.25) is 0 Å². The number of ether oxygens (including phenoxy) is 2. The maximum absolute atomic E-state index is 13.0. The summed E-state index contributed by atoms with van der Waals surface area (Å²) in [4.78, 5) is 23.7. The Morgan fingerprint density at radius 1 is 0.914 bits per heavy atom. The molecule has 0 saturated heterocycles. The van der Waals surface area contributed by atoms with Crippen molar-refractivity contribution in [2.75, 3.05) is 6.61 Å². The fourth-order valence-electron chi connectivity index (χ4n) is 2.61. The minimum atomic E-state index is -4.39. The Morgan fingerprint density at radius 2 is 1.51 bits per heavy atom. The lowest BCUT2D eigenvalue weighted by atomic mass is 10.2. The molecule has 0 bridgehead atoms. The average Bonchev–Trinajstić information content (AvgIpc) is 2.77. The van der Waals surface area contributed by atoms with Gasteiger partial charge in [0, 0.05) is 9.13 Å². The van der Waals surface area contributed by atoms with Crippen LogP contribution < -0.4 is 14.2 Å². The molecule has 14 heteroatoms. The van der Waals surface area contributed by atoms with Crippen molar-refractivity contribution in [2.24, 2.45) is 0 Å². The van der Waals surface area contributed by atoms with Gasteiger partial charge in [-0.05, 0) is 89.3 Å². The molecule has 3 aromatic carbocycles. The predicted molar refractivity (Wildman–Crippen MR) is 128 cm³/mol. The van der Waals surface area contributed by atoms with E-state index in [2.05, 4.69) is 0 Å². The molecular weight excluding hydrogens is 620 g/mol. The molecular formula is C21H15FINO9S2. The maximum Gasteiger partial charge on any atom is 0.349 e. The monoisotopic (exact) mass is 635 g/mol. The van der Waals surface area contributed by atoms with E-state index in [0.717, 1.165) is 30.3 Å². The molecule has 0 saturated carbocycles. The number of benzene rings is 3. The number of carbonyl (C=O) groups excluding carboxylic acids is 2. The molecule has 0 radical (unpaired) electrons. The summed E-state index contributed by atoms with van der Waals surface area (Å²) < 4.78 is 81.3. The molecule has 2 N–H and O–H groups in total. The van der Waals surface area contributed by atoms with E-state index >= 15 is 0 Å². The van der Waals surface area contributed by atoms with Crippen molar-refractivity contribution in [1.82, 2.24) is 4.72 Å². The van der Waals surface area contributed by atoms with Crippen LogP contribution in [0.2, 0.25) is 0 Å². The number of hydrogen-bond donors (Lipinski definition) is 2. The Bertz CT molecular complexity index is 1470. The van der Waals surface area contributed by atoms with E-state index in [1.54, 1.807) is 22.6 Å². The third-order valence-corrected chi connectivity index (χ3v) is 7.75. The van der Waals surface area contributed by atoms with Crippen LogP contribution in [-0.2, 0) is 24.9 Å². The predicted octanol–water partition coefficient (Wildman–Crippen LogP) is 2.78. The number of sulfonamides is 1. The summed E-state index contributed by atoms with van der Waals surface area (Å²) in [6, 6.07) is 12.6. The fourth-order valence-corrected chi connectivity index (χ4v) is 5.45. The largest absolute Gasteiger partial charge is 0.482 e. The Kier molecular flexibility index (Phi) is 8.09. The third-order valence-electron chi connectivity index (χ3n) is 4.24. The third kappa shape index (κ3) is 7.20. The summed E-state index contributed by atoms with van der Waals surface area (Å²) >= 11 is 1.69. The highest BCUT2D eigenvalue weighted by atomic mass is 127. The van der Waals surface area contributed by atoms with Crippen molar-refractivity contribution in [3.63, 3.8) is 0 Å². The zero-order valence-electron chi connectivity index (χ0n) is 17.3. The van der Waals surface area contributed by atoms with Gasteiger partial charge in [0.25, 0.3) is 26.0 Å². The second-order valence-corrected chi connectivity index (χ2v) is 11.0. The Labute approximate surface area is 213 Å². The second kappa shape index (κ2) is 10.7. The van der Waals surface area contributed by atoms with Gasteiger partial charge in [0.15, 0.2) is 6.61 Å². The van der Waals surface area contributed by atoms with Crippen molar-refractivity contribution in [3.8, 4) is 11.5 Å². The summed E-state index contributed by atoms with van der Waals surface area (Å²) in [6.45, 7) is -0.528. The van der Waals surface area contributed by atoms with Crippen LogP contribution in [0.1, 0.15) is 10.4 Å². The van der Waals surface area contributed by atoms with Gasteiger partial charge in [0.05, 0.1) is 4.90 Å². The van der Waals surface area contributed by atoms with E-state index in [-0.39, 0.29) is 30.4 Å². The van der Waals surface area contributed by atoms with Gasteiger partial charge in [-0.1, -0.05) is 0 Å². The fraction of sp³-hybridized carbons (Fsp3) is 0.0476. The van der Waals surface area contributed by atoms with E-state index in [1.807, 2.05) is 4.72 Å². The molecule has 1 amide bonds. The highest BCUT2D eigenvalue weighted by molar-refractivity contribution is 14.1. The zero-order valence-corrected chi connectivity index (χ0v) is 21.1. The first-order chi connectivity index (χ1) is 16.3. The minimum absolute atomic E-state index is 0.0414. The summed E-state index contributed by atoms with van der Waals surface area (Å²) in [5.74, 6) is -2.18. The Hall–Kier alpha value is -3.08. The number of halogens is 2. The molecule has 0 heterocycles. The maximum atomic E-state index is 13.0. The molecule has 35 heavy (non-hydrogen) atoms. The minimum Gasteiger partial charge on any atom is -0.482 e.